The Labute approximate surface area is 116 Å². The van der Waals surface area contributed by atoms with Crippen LogP contribution in [0.25, 0.3) is 0 Å². The summed E-state index contributed by atoms with van der Waals surface area (Å²) in [5.74, 6) is -1.02. The van der Waals surface area contributed by atoms with Gasteiger partial charge in [0.1, 0.15) is 12.4 Å². The summed E-state index contributed by atoms with van der Waals surface area (Å²) in [6, 6.07) is 1.96. The number of pyridine rings is 1. The summed E-state index contributed by atoms with van der Waals surface area (Å²) in [4.78, 5) is 29.0. The molecule has 0 atom stereocenters. The van der Waals surface area contributed by atoms with Crippen LogP contribution in [0.1, 0.15) is 40.9 Å². The first kappa shape index (κ1) is 12.9. The molecule has 1 fully saturated rings. The molecule has 1 heterocycles. The van der Waals surface area contributed by atoms with Crippen LogP contribution in [0.3, 0.4) is 0 Å². The number of carboxylic acid groups (broad SMARTS) is 1. The van der Waals surface area contributed by atoms with Crippen LogP contribution < -0.4 is 10.6 Å². The summed E-state index contributed by atoms with van der Waals surface area (Å²) < 4.78 is 0. The van der Waals surface area contributed by atoms with E-state index in [2.05, 4.69) is 4.98 Å². The van der Waals surface area contributed by atoms with Gasteiger partial charge in [0.25, 0.3) is 5.91 Å². The van der Waals surface area contributed by atoms with Crippen molar-refractivity contribution in [2.45, 2.75) is 38.1 Å². The standard InChI is InChI=1S/C14H17N3O3/c15-13(20)10-6-8-2-1-3-11(8)16-14(10)17(7-12(18)19)9-4-5-9/h6,9H,1-5,7H2,(H2,15,20)(H,18,19). The van der Waals surface area contributed by atoms with Crippen LogP contribution in [0, 0.1) is 0 Å². The van der Waals surface area contributed by atoms with E-state index < -0.39 is 11.9 Å². The summed E-state index contributed by atoms with van der Waals surface area (Å²) in [7, 11) is 0. The van der Waals surface area contributed by atoms with Crippen LogP contribution >= 0.6 is 0 Å². The van der Waals surface area contributed by atoms with Crippen molar-refractivity contribution in [2.24, 2.45) is 5.73 Å². The molecule has 1 saturated carbocycles. The predicted octanol–water partition coefficient (Wildman–Crippen LogP) is 0.723. The number of hydrogen-bond acceptors (Lipinski definition) is 4. The third-order valence-electron chi connectivity index (χ3n) is 3.86. The average Bonchev–Trinajstić information content (AvgIpc) is 3.12. The lowest BCUT2D eigenvalue weighted by Crippen LogP contribution is -2.34. The Morgan fingerprint density at radius 1 is 1.40 bits per heavy atom. The smallest absolute Gasteiger partial charge is 0.323 e. The number of carbonyl (C=O) groups is 2. The molecule has 106 valence electrons. The van der Waals surface area contributed by atoms with Gasteiger partial charge in [0, 0.05) is 11.7 Å². The SMILES string of the molecule is NC(=O)c1cc2c(nc1N(CC(=O)O)C1CC1)CCC2. The molecule has 20 heavy (non-hydrogen) atoms. The summed E-state index contributed by atoms with van der Waals surface area (Å²) >= 11 is 0. The highest BCUT2D eigenvalue weighted by Gasteiger charge is 2.34. The van der Waals surface area contributed by atoms with Gasteiger partial charge in [-0.2, -0.15) is 0 Å². The highest BCUT2D eigenvalue weighted by atomic mass is 16.4. The van der Waals surface area contributed by atoms with Gasteiger partial charge in [-0.1, -0.05) is 0 Å². The topological polar surface area (TPSA) is 96.5 Å². The van der Waals surface area contributed by atoms with Crippen molar-refractivity contribution in [3.63, 3.8) is 0 Å². The minimum absolute atomic E-state index is 0.142. The minimum atomic E-state index is -0.922. The fourth-order valence-corrected chi connectivity index (χ4v) is 2.77. The van der Waals surface area contributed by atoms with E-state index >= 15 is 0 Å². The Hall–Kier alpha value is -2.11. The lowest BCUT2D eigenvalue weighted by atomic mass is 10.1. The number of primary amides is 1. The predicted molar refractivity (Wildman–Crippen MR) is 72.8 cm³/mol. The van der Waals surface area contributed by atoms with Crippen LogP contribution in [-0.4, -0.2) is 34.6 Å². The molecule has 1 amide bonds. The maximum Gasteiger partial charge on any atom is 0.323 e. The largest absolute Gasteiger partial charge is 0.480 e. The maximum absolute atomic E-state index is 11.7. The van der Waals surface area contributed by atoms with Crippen LogP contribution in [0.4, 0.5) is 5.82 Å². The second-order valence-corrected chi connectivity index (χ2v) is 5.44. The van der Waals surface area contributed by atoms with Crippen molar-refractivity contribution in [3.05, 3.63) is 22.9 Å². The van der Waals surface area contributed by atoms with E-state index in [1.54, 1.807) is 11.0 Å². The fraction of sp³-hybridized carbons (Fsp3) is 0.500. The minimum Gasteiger partial charge on any atom is -0.480 e. The first-order valence-electron chi connectivity index (χ1n) is 6.87. The van der Waals surface area contributed by atoms with Gasteiger partial charge in [-0.25, -0.2) is 4.98 Å². The molecule has 0 spiro atoms. The van der Waals surface area contributed by atoms with E-state index in [0.29, 0.717) is 11.4 Å². The van der Waals surface area contributed by atoms with Crippen LogP contribution in [0.2, 0.25) is 0 Å². The average molecular weight is 275 g/mol. The van der Waals surface area contributed by atoms with Crippen molar-refractivity contribution in [2.75, 3.05) is 11.4 Å². The monoisotopic (exact) mass is 275 g/mol. The van der Waals surface area contributed by atoms with E-state index in [-0.39, 0.29) is 12.6 Å². The molecule has 6 heteroatoms. The van der Waals surface area contributed by atoms with Gasteiger partial charge < -0.3 is 15.7 Å². The van der Waals surface area contributed by atoms with Gasteiger partial charge in [-0.15, -0.1) is 0 Å². The van der Waals surface area contributed by atoms with Crippen molar-refractivity contribution in [1.29, 1.82) is 0 Å². The number of aryl methyl sites for hydroxylation is 2. The molecule has 6 nitrogen and oxygen atoms in total. The van der Waals surface area contributed by atoms with Gasteiger partial charge in [-0.05, 0) is 43.7 Å². The van der Waals surface area contributed by atoms with Gasteiger partial charge in [0.2, 0.25) is 0 Å². The Morgan fingerprint density at radius 2 is 2.15 bits per heavy atom. The molecule has 0 radical (unpaired) electrons. The molecule has 0 aromatic carbocycles. The summed E-state index contributed by atoms with van der Waals surface area (Å²) in [6.45, 7) is -0.142. The molecular formula is C14H17N3O3. The number of anilines is 1. The number of aromatic nitrogens is 1. The lowest BCUT2D eigenvalue weighted by molar-refractivity contribution is -0.135. The maximum atomic E-state index is 11.7. The quantitative estimate of drug-likeness (QED) is 0.825. The Bertz CT molecular complexity index is 581. The van der Waals surface area contributed by atoms with E-state index in [0.717, 1.165) is 43.4 Å². The fourth-order valence-electron chi connectivity index (χ4n) is 2.77. The number of nitrogens with zero attached hydrogens (tertiary/aromatic N) is 2. The zero-order valence-corrected chi connectivity index (χ0v) is 11.1. The van der Waals surface area contributed by atoms with Gasteiger partial charge in [-0.3, -0.25) is 9.59 Å². The molecule has 0 saturated heterocycles. The Balaban J connectivity index is 2.05. The lowest BCUT2D eigenvalue weighted by Gasteiger charge is -2.24. The summed E-state index contributed by atoms with van der Waals surface area (Å²) in [5.41, 5.74) is 7.83. The number of aliphatic carboxylic acids is 1. The molecule has 1 aromatic heterocycles. The molecular weight excluding hydrogens is 258 g/mol. The van der Waals surface area contributed by atoms with Crippen molar-refractivity contribution in [3.8, 4) is 0 Å². The highest BCUT2D eigenvalue weighted by Crippen LogP contribution is 2.34. The third kappa shape index (κ3) is 2.33. The number of carboxylic acids is 1. The molecule has 2 aliphatic rings. The second kappa shape index (κ2) is 4.77. The summed E-state index contributed by atoms with van der Waals surface area (Å²) in [5, 5.41) is 9.06. The van der Waals surface area contributed by atoms with Crippen LogP contribution in [0.5, 0.6) is 0 Å². The van der Waals surface area contributed by atoms with E-state index in [1.807, 2.05) is 0 Å². The highest BCUT2D eigenvalue weighted by molar-refractivity contribution is 5.98. The molecule has 1 aromatic rings. The van der Waals surface area contributed by atoms with Crippen LogP contribution in [0.15, 0.2) is 6.07 Å². The number of hydrogen-bond donors (Lipinski definition) is 2. The number of carbonyl (C=O) groups excluding carboxylic acids is 1. The first-order chi connectivity index (χ1) is 9.56. The molecule has 0 unspecified atom stereocenters. The molecule has 0 aliphatic heterocycles. The molecule has 0 bridgehead atoms. The van der Waals surface area contributed by atoms with Gasteiger partial charge in [0.05, 0.1) is 5.56 Å². The number of fused-ring (bicyclic) bond motifs is 1. The third-order valence-corrected chi connectivity index (χ3v) is 3.86. The first-order valence-corrected chi connectivity index (χ1v) is 6.87. The van der Waals surface area contributed by atoms with E-state index in [9.17, 15) is 9.59 Å². The molecule has 3 N–H and O–H groups in total. The molecule has 2 aliphatic carbocycles. The van der Waals surface area contributed by atoms with E-state index in [4.69, 9.17) is 10.8 Å². The normalized spacial score (nSPS) is 16.8. The van der Waals surface area contributed by atoms with Crippen molar-refractivity contribution >= 4 is 17.7 Å². The Kier molecular flexibility index (Phi) is 3.08. The zero-order chi connectivity index (χ0) is 14.3. The van der Waals surface area contributed by atoms with Gasteiger partial charge in [0.15, 0.2) is 0 Å². The zero-order valence-electron chi connectivity index (χ0n) is 11.1. The second-order valence-electron chi connectivity index (χ2n) is 5.44. The van der Waals surface area contributed by atoms with Crippen LogP contribution in [-0.2, 0) is 17.6 Å². The van der Waals surface area contributed by atoms with Crippen molar-refractivity contribution < 1.29 is 14.7 Å². The Morgan fingerprint density at radius 3 is 2.75 bits per heavy atom. The number of nitrogens with two attached hydrogens (primary N) is 1. The van der Waals surface area contributed by atoms with E-state index in [1.165, 1.54) is 0 Å². The van der Waals surface area contributed by atoms with Crippen molar-refractivity contribution in [1.82, 2.24) is 4.98 Å². The number of amides is 1. The van der Waals surface area contributed by atoms with Gasteiger partial charge >= 0.3 is 5.97 Å². The summed E-state index contributed by atoms with van der Waals surface area (Å²) in [6.07, 6.45) is 4.68. The molecule has 3 rings (SSSR count). The number of rotatable bonds is 5.